The van der Waals surface area contributed by atoms with Crippen LogP contribution in [0.4, 0.5) is 17.5 Å². The van der Waals surface area contributed by atoms with Gasteiger partial charge in [-0.3, -0.25) is 0 Å². The van der Waals surface area contributed by atoms with Gasteiger partial charge in [0.25, 0.3) is 0 Å². The van der Waals surface area contributed by atoms with Crippen LogP contribution in [0.25, 0.3) is 0 Å². The summed E-state index contributed by atoms with van der Waals surface area (Å²) in [5, 5.41) is 6.57. The van der Waals surface area contributed by atoms with Crippen molar-refractivity contribution < 1.29 is 9.53 Å². The molecule has 0 aromatic carbocycles. The lowest BCUT2D eigenvalue weighted by Gasteiger charge is -2.32. The Balaban J connectivity index is 2.51. The Morgan fingerprint density at radius 3 is 2.50 bits per heavy atom. The summed E-state index contributed by atoms with van der Waals surface area (Å²) in [5.41, 5.74) is 0.881. The number of carbonyl (C=O) groups excluding carboxylic acids is 1. The van der Waals surface area contributed by atoms with Crippen LogP contribution in [-0.2, 0) is 4.74 Å². The summed E-state index contributed by atoms with van der Waals surface area (Å²) in [6.45, 7) is 6.18. The predicted octanol–water partition coefficient (Wildman–Crippen LogP) is 1.33. The van der Waals surface area contributed by atoms with Crippen molar-refractivity contribution in [2.75, 3.05) is 36.2 Å². The van der Waals surface area contributed by atoms with Crippen LogP contribution >= 0.6 is 0 Å². The van der Waals surface area contributed by atoms with Gasteiger partial charge in [-0.15, -0.1) is 0 Å². The predicted molar refractivity (Wildman–Crippen MR) is 78.5 cm³/mol. The van der Waals surface area contributed by atoms with Gasteiger partial charge in [-0.1, -0.05) is 0 Å². The third-order valence-corrected chi connectivity index (χ3v) is 3.25. The van der Waals surface area contributed by atoms with Crippen molar-refractivity contribution in [3.8, 4) is 0 Å². The summed E-state index contributed by atoms with van der Waals surface area (Å²) < 4.78 is 5.08. The first-order valence-electron chi connectivity index (χ1n) is 6.73. The van der Waals surface area contributed by atoms with Crippen molar-refractivity contribution in [2.45, 2.75) is 32.9 Å². The molecule has 0 fully saturated rings. The molecule has 0 radical (unpaired) electrons. The molecule has 110 valence electrons. The number of hydrogen-bond donors (Lipinski definition) is 2. The summed E-state index contributed by atoms with van der Waals surface area (Å²) in [5.74, 6) is 0.672. The Morgan fingerprint density at radius 1 is 1.25 bits per heavy atom. The van der Waals surface area contributed by atoms with E-state index in [1.165, 1.54) is 0 Å². The van der Waals surface area contributed by atoms with Crippen LogP contribution in [0.3, 0.4) is 0 Å². The van der Waals surface area contributed by atoms with Gasteiger partial charge in [0.1, 0.15) is 5.69 Å². The standard InChI is InChI=1S/C13H21N5O2/c1-6-20-12(19)10-9-11(15-8(3)7(2)14-9)17-13(16-10)18(4)5/h7-8,14H,6H2,1-5H3,(H,15,16,17). The highest BCUT2D eigenvalue weighted by molar-refractivity contribution is 5.97. The average molecular weight is 279 g/mol. The molecule has 20 heavy (non-hydrogen) atoms. The number of carbonyl (C=O) groups is 1. The molecule has 2 N–H and O–H groups in total. The molecule has 0 spiro atoms. The lowest BCUT2D eigenvalue weighted by Crippen LogP contribution is -2.40. The van der Waals surface area contributed by atoms with Crippen molar-refractivity contribution in [1.29, 1.82) is 0 Å². The third-order valence-electron chi connectivity index (χ3n) is 3.25. The molecular weight excluding hydrogens is 258 g/mol. The van der Waals surface area contributed by atoms with Gasteiger partial charge >= 0.3 is 5.97 Å². The zero-order valence-corrected chi connectivity index (χ0v) is 12.5. The fraction of sp³-hybridized carbons (Fsp3) is 0.615. The van der Waals surface area contributed by atoms with Crippen LogP contribution in [0.1, 0.15) is 31.3 Å². The molecule has 0 amide bonds. The number of rotatable bonds is 3. The minimum absolute atomic E-state index is 0.171. The summed E-state index contributed by atoms with van der Waals surface area (Å²) in [6.07, 6.45) is 0. The highest BCUT2D eigenvalue weighted by Crippen LogP contribution is 2.31. The number of ether oxygens (including phenoxy) is 1. The normalized spacial score (nSPS) is 20.4. The summed E-state index contributed by atoms with van der Waals surface area (Å²) in [6, 6.07) is 0.381. The number of fused-ring (bicyclic) bond motifs is 1. The second kappa shape index (κ2) is 5.52. The molecule has 7 heteroatoms. The first kappa shape index (κ1) is 14.4. The summed E-state index contributed by atoms with van der Waals surface area (Å²) in [4.78, 5) is 22.6. The van der Waals surface area contributed by atoms with E-state index in [1.807, 2.05) is 21.0 Å². The second-order valence-corrected chi connectivity index (χ2v) is 5.08. The maximum atomic E-state index is 12.1. The van der Waals surface area contributed by atoms with Crippen molar-refractivity contribution in [2.24, 2.45) is 0 Å². The molecule has 1 aromatic heterocycles. The molecule has 0 aliphatic carbocycles. The van der Waals surface area contributed by atoms with Crippen molar-refractivity contribution in [1.82, 2.24) is 9.97 Å². The van der Waals surface area contributed by atoms with Crippen LogP contribution < -0.4 is 15.5 Å². The molecule has 2 unspecified atom stereocenters. The van der Waals surface area contributed by atoms with Gasteiger partial charge in [0.2, 0.25) is 5.95 Å². The van der Waals surface area contributed by atoms with Gasteiger partial charge in [0, 0.05) is 26.2 Å². The third kappa shape index (κ3) is 2.61. The van der Waals surface area contributed by atoms with Gasteiger partial charge in [0.15, 0.2) is 11.5 Å². The number of nitrogens with zero attached hydrogens (tertiary/aromatic N) is 3. The molecule has 0 bridgehead atoms. The van der Waals surface area contributed by atoms with Gasteiger partial charge in [-0.2, -0.15) is 4.98 Å². The Kier molecular flexibility index (Phi) is 3.96. The molecular formula is C13H21N5O2. The minimum Gasteiger partial charge on any atom is -0.461 e. The molecule has 2 atom stereocenters. The molecule has 1 aliphatic heterocycles. The van der Waals surface area contributed by atoms with Gasteiger partial charge in [-0.25, -0.2) is 9.78 Å². The zero-order chi connectivity index (χ0) is 14.9. The quantitative estimate of drug-likeness (QED) is 0.808. The number of hydrogen-bond acceptors (Lipinski definition) is 7. The van der Waals surface area contributed by atoms with E-state index >= 15 is 0 Å². The zero-order valence-electron chi connectivity index (χ0n) is 12.5. The molecule has 0 saturated heterocycles. The topological polar surface area (TPSA) is 79.4 Å². The van der Waals surface area contributed by atoms with Crippen molar-refractivity contribution in [3.05, 3.63) is 5.69 Å². The highest BCUT2D eigenvalue weighted by Gasteiger charge is 2.29. The van der Waals surface area contributed by atoms with Gasteiger partial charge in [0.05, 0.1) is 6.61 Å². The molecule has 2 heterocycles. The molecule has 1 aromatic rings. The smallest absolute Gasteiger partial charge is 0.359 e. The fourth-order valence-electron chi connectivity index (χ4n) is 1.93. The Hall–Kier alpha value is -2.05. The van der Waals surface area contributed by atoms with E-state index in [0.29, 0.717) is 24.1 Å². The average Bonchev–Trinajstić information content (AvgIpc) is 2.39. The maximum Gasteiger partial charge on any atom is 0.359 e. The monoisotopic (exact) mass is 279 g/mol. The first-order chi connectivity index (χ1) is 9.43. The van der Waals surface area contributed by atoms with Crippen LogP contribution in [0, 0.1) is 0 Å². The van der Waals surface area contributed by atoms with E-state index in [2.05, 4.69) is 27.5 Å². The van der Waals surface area contributed by atoms with E-state index in [0.717, 1.165) is 0 Å². The Bertz CT molecular complexity index is 518. The van der Waals surface area contributed by atoms with Crippen molar-refractivity contribution in [3.63, 3.8) is 0 Å². The molecule has 7 nitrogen and oxygen atoms in total. The number of anilines is 3. The largest absolute Gasteiger partial charge is 0.461 e. The van der Waals surface area contributed by atoms with Crippen molar-refractivity contribution >= 4 is 23.4 Å². The molecule has 0 saturated carbocycles. The van der Waals surface area contributed by atoms with E-state index in [9.17, 15) is 4.79 Å². The number of nitrogens with one attached hydrogen (secondary N) is 2. The van der Waals surface area contributed by atoms with Crippen LogP contribution in [0.2, 0.25) is 0 Å². The summed E-state index contributed by atoms with van der Waals surface area (Å²) >= 11 is 0. The lowest BCUT2D eigenvalue weighted by molar-refractivity contribution is 0.0520. The highest BCUT2D eigenvalue weighted by atomic mass is 16.5. The van der Waals surface area contributed by atoms with Crippen LogP contribution in [0.15, 0.2) is 0 Å². The van der Waals surface area contributed by atoms with E-state index in [1.54, 1.807) is 11.8 Å². The Labute approximate surface area is 118 Å². The first-order valence-corrected chi connectivity index (χ1v) is 6.73. The van der Waals surface area contributed by atoms with Crippen LogP contribution in [-0.4, -0.2) is 48.7 Å². The van der Waals surface area contributed by atoms with E-state index in [-0.39, 0.29) is 17.8 Å². The van der Waals surface area contributed by atoms with Crippen LogP contribution in [0.5, 0.6) is 0 Å². The molecule has 2 rings (SSSR count). The maximum absolute atomic E-state index is 12.1. The number of esters is 1. The number of aromatic nitrogens is 2. The molecule has 1 aliphatic rings. The van der Waals surface area contributed by atoms with Gasteiger partial charge < -0.3 is 20.3 Å². The van der Waals surface area contributed by atoms with Gasteiger partial charge in [-0.05, 0) is 20.8 Å². The second-order valence-electron chi connectivity index (χ2n) is 5.08. The Morgan fingerprint density at radius 2 is 1.90 bits per heavy atom. The van der Waals surface area contributed by atoms with E-state index < -0.39 is 5.97 Å². The summed E-state index contributed by atoms with van der Waals surface area (Å²) in [7, 11) is 3.66. The lowest BCUT2D eigenvalue weighted by atomic mass is 10.1. The SMILES string of the molecule is CCOC(=O)c1nc(N(C)C)nc2c1NC(C)C(C)N2. The fourth-order valence-corrected chi connectivity index (χ4v) is 1.93. The minimum atomic E-state index is -0.440. The van der Waals surface area contributed by atoms with E-state index in [4.69, 9.17) is 4.74 Å².